The second kappa shape index (κ2) is 6.54. The van der Waals surface area contributed by atoms with Gasteiger partial charge in [0.05, 0.1) is 13.8 Å². The highest BCUT2D eigenvalue weighted by Gasteiger charge is 2.19. The summed E-state index contributed by atoms with van der Waals surface area (Å²) in [6, 6.07) is 6.84. The molecular weight excluding hydrogens is 244 g/mol. The van der Waals surface area contributed by atoms with Crippen molar-refractivity contribution >= 4 is 5.91 Å². The van der Waals surface area contributed by atoms with E-state index in [1.165, 1.54) is 12.8 Å². The number of aliphatic hydroxyl groups excluding tert-OH is 1. The zero-order valence-electron chi connectivity index (χ0n) is 11.1. The summed E-state index contributed by atoms with van der Waals surface area (Å²) < 4.78 is 5.04. The predicted molar refractivity (Wildman–Crippen MR) is 71.8 cm³/mol. The fourth-order valence-electron chi connectivity index (χ4n) is 2.16. The van der Waals surface area contributed by atoms with Gasteiger partial charge in [-0.15, -0.1) is 0 Å². The lowest BCUT2D eigenvalue weighted by Crippen LogP contribution is -2.38. The molecule has 0 aromatic heterocycles. The first kappa shape index (κ1) is 13.8. The largest absolute Gasteiger partial charge is 0.497 e. The molecule has 0 spiro atoms. The maximum atomic E-state index is 11.8. The normalized spacial score (nSPS) is 17.2. The highest BCUT2D eigenvalue weighted by atomic mass is 16.5. The molecule has 1 fully saturated rings. The van der Waals surface area contributed by atoms with Crippen molar-refractivity contribution in [3.05, 3.63) is 29.8 Å². The van der Waals surface area contributed by atoms with Gasteiger partial charge in [0.1, 0.15) is 5.75 Å². The van der Waals surface area contributed by atoms with Crippen LogP contribution in [0, 0.1) is 0 Å². The molecule has 0 bridgehead atoms. The number of amides is 1. The summed E-state index contributed by atoms with van der Waals surface area (Å²) in [6.45, 7) is 2.53. The minimum Gasteiger partial charge on any atom is -0.497 e. The number of likely N-dealkylation sites (tertiary alicyclic amines) is 1. The van der Waals surface area contributed by atoms with E-state index in [0.717, 1.165) is 13.1 Å². The van der Waals surface area contributed by atoms with Crippen LogP contribution in [0.5, 0.6) is 5.75 Å². The first-order valence-electron chi connectivity index (χ1n) is 6.53. The number of carbonyl (C=O) groups excluding carboxylic acids is 1. The minimum absolute atomic E-state index is 0.364. The Bertz CT molecular complexity index is 413. The molecule has 2 N–H and O–H groups in total. The maximum Gasteiger partial charge on any atom is 0.254 e. The molecule has 0 aliphatic carbocycles. The Hall–Kier alpha value is -1.59. The average molecular weight is 264 g/mol. The van der Waals surface area contributed by atoms with Crippen LogP contribution in [0.2, 0.25) is 0 Å². The van der Waals surface area contributed by atoms with Gasteiger partial charge in [-0.3, -0.25) is 9.69 Å². The third-order valence-electron chi connectivity index (χ3n) is 3.36. The van der Waals surface area contributed by atoms with Crippen molar-refractivity contribution in [2.24, 2.45) is 0 Å². The van der Waals surface area contributed by atoms with Gasteiger partial charge in [-0.1, -0.05) is 12.1 Å². The number of hydrogen-bond donors (Lipinski definition) is 2. The Morgan fingerprint density at radius 3 is 2.58 bits per heavy atom. The smallest absolute Gasteiger partial charge is 0.254 e. The summed E-state index contributed by atoms with van der Waals surface area (Å²) in [5.41, 5.74) is 0.569. The Morgan fingerprint density at radius 1 is 1.37 bits per heavy atom. The van der Waals surface area contributed by atoms with Crippen LogP contribution in [0.4, 0.5) is 0 Å². The van der Waals surface area contributed by atoms with Crippen LogP contribution in [0.25, 0.3) is 0 Å². The van der Waals surface area contributed by atoms with Crippen LogP contribution in [0.15, 0.2) is 24.3 Å². The molecule has 1 atom stereocenters. The summed E-state index contributed by atoms with van der Waals surface area (Å²) in [7, 11) is 1.58. The average Bonchev–Trinajstić information content (AvgIpc) is 2.97. The second-order valence-electron chi connectivity index (χ2n) is 4.70. The Kier molecular flexibility index (Phi) is 4.76. The van der Waals surface area contributed by atoms with Crippen molar-refractivity contribution in [2.45, 2.75) is 18.9 Å². The molecule has 1 heterocycles. The summed E-state index contributed by atoms with van der Waals surface area (Å²) in [5.74, 6) is 0.338. The van der Waals surface area contributed by atoms with E-state index in [0.29, 0.717) is 18.0 Å². The van der Waals surface area contributed by atoms with Gasteiger partial charge in [-0.25, -0.2) is 0 Å². The zero-order chi connectivity index (χ0) is 13.7. The molecule has 19 heavy (non-hydrogen) atoms. The van der Waals surface area contributed by atoms with Crippen LogP contribution in [0.1, 0.15) is 24.5 Å². The van der Waals surface area contributed by atoms with Crippen LogP contribution in [-0.4, -0.2) is 42.8 Å². The number of aliphatic hydroxyl groups is 1. The first-order chi connectivity index (χ1) is 9.20. The van der Waals surface area contributed by atoms with Gasteiger partial charge in [-0.05, 0) is 43.6 Å². The predicted octanol–water partition coefficient (Wildman–Crippen LogP) is 0.898. The molecule has 1 saturated heterocycles. The number of rotatable bonds is 5. The molecule has 1 aromatic carbocycles. The van der Waals surface area contributed by atoms with Gasteiger partial charge >= 0.3 is 0 Å². The lowest BCUT2D eigenvalue weighted by molar-refractivity contribution is -0.130. The van der Waals surface area contributed by atoms with Gasteiger partial charge in [0.15, 0.2) is 6.10 Å². The van der Waals surface area contributed by atoms with Crippen molar-refractivity contribution in [3.8, 4) is 5.75 Å². The number of carbonyl (C=O) groups is 1. The van der Waals surface area contributed by atoms with E-state index < -0.39 is 6.10 Å². The molecule has 1 aromatic rings. The Labute approximate surface area is 113 Å². The summed E-state index contributed by atoms with van der Waals surface area (Å²) in [6.07, 6.45) is 1.22. The van der Waals surface area contributed by atoms with E-state index in [-0.39, 0.29) is 5.91 Å². The lowest BCUT2D eigenvalue weighted by atomic mass is 10.1. The molecule has 1 unspecified atom stereocenters. The summed E-state index contributed by atoms with van der Waals surface area (Å²) in [4.78, 5) is 14.0. The third kappa shape index (κ3) is 3.68. The number of nitrogens with one attached hydrogen (secondary N) is 1. The van der Waals surface area contributed by atoms with E-state index in [1.807, 2.05) is 0 Å². The Balaban J connectivity index is 1.86. The van der Waals surface area contributed by atoms with Crippen molar-refractivity contribution < 1.29 is 14.6 Å². The third-order valence-corrected chi connectivity index (χ3v) is 3.36. The van der Waals surface area contributed by atoms with E-state index in [4.69, 9.17) is 4.74 Å². The minimum atomic E-state index is -1.13. The fraction of sp³-hybridized carbons (Fsp3) is 0.500. The molecule has 1 amide bonds. The second-order valence-corrected chi connectivity index (χ2v) is 4.70. The molecule has 1 aliphatic rings. The van der Waals surface area contributed by atoms with E-state index >= 15 is 0 Å². The number of hydrogen-bond acceptors (Lipinski definition) is 4. The maximum absolute atomic E-state index is 11.8. The van der Waals surface area contributed by atoms with Gasteiger partial charge in [-0.2, -0.15) is 0 Å². The quantitative estimate of drug-likeness (QED) is 0.829. The number of benzene rings is 1. The highest BCUT2D eigenvalue weighted by Crippen LogP contribution is 2.17. The van der Waals surface area contributed by atoms with E-state index in [1.54, 1.807) is 31.4 Å². The monoisotopic (exact) mass is 264 g/mol. The standard InChI is InChI=1S/C14H20N2O3/c1-19-12-6-4-11(5-7-12)13(17)14(18)15-10-16-8-2-3-9-16/h4-7,13,17H,2-3,8-10H2,1H3,(H,15,18). The van der Waals surface area contributed by atoms with Crippen LogP contribution < -0.4 is 10.1 Å². The van der Waals surface area contributed by atoms with Crippen LogP contribution in [0.3, 0.4) is 0 Å². The molecule has 1 aliphatic heterocycles. The molecule has 104 valence electrons. The molecule has 2 rings (SSSR count). The fourth-order valence-corrected chi connectivity index (χ4v) is 2.16. The molecule has 0 saturated carbocycles. The zero-order valence-corrected chi connectivity index (χ0v) is 11.1. The van der Waals surface area contributed by atoms with Crippen molar-refractivity contribution in [1.82, 2.24) is 10.2 Å². The van der Waals surface area contributed by atoms with Crippen molar-refractivity contribution in [3.63, 3.8) is 0 Å². The highest BCUT2D eigenvalue weighted by molar-refractivity contribution is 5.81. The van der Waals surface area contributed by atoms with Crippen LogP contribution in [-0.2, 0) is 4.79 Å². The topological polar surface area (TPSA) is 61.8 Å². The van der Waals surface area contributed by atoms with Gasteiger partial charge in [0.25, 0.3) is 5.91 Å². The van der Waals surface area contributed by atoms with Crippen molar-refractivity contribution in [2.75, 3.05) is 26.9 Å². The number of nitrogens with zero attached hydrogens (tertiary/aromatic N) is 1. The molecule has 5 nitrogen and oxygen atoms in total. The SMILES string of the molecule is COc1ccc(C(O)C(=O)NCN2CCCC2)cc1. The van der Waals surface area contributed by atoms with E-state index in [9.17, 15) is 9.90 Å². The number of ether oxygens (including phenoxy) is 1. The molecular formula is C14H20N2O3. The number of methoxy groups -OCH3 is 1. The van der Waals surface area contributed by atoms with Gasteiger partial charge in [0, 0.05) is 0 Å². The van der Waals surface area contributed by atoms with E-state index in [2.05, 4.69) is 10.2 Å². The molecule has 0 radical (unpaired) electrons. The first-order valence-corrected chi connectivity index (χ1v) is 6.53. The van der Waals surface area contributed by atoms with Crippen LogP contribution >= 0.6 is 0 Å². The summed E-state index contributed by atoms with van der Waals surface area (Å²) in [5, 5.41) is 12.7. The van der Waals surface area contributed by atoms with Gasteiger partial charge in [0.2, 0.25) is 0 Å². The lowest BCUT2D eigenvalue weighted by Gasteiger charge is -2.17. The van der Waals surface area contributed by atoms with Gasteiger partial charge < -0.3 is 15.2 Å². The molecule has 5 heteroatoms. The summed E-state index contributed by atoms with van der Waals surface area (Å²) >= 11 is 0. The van der Waals surface area contributed by atoms with Crippen molar-refractivity contribution in [1.29, 1.82) is 0 Å². The Morgan fingerprint density at radius 2 is 2.00 bits per heavy atom.